The number of nitrogens with zero attached hydrogens (tertiary/aromatic N) is 4. The van der Waals surface area contributed by atoms with Gasteiger partial charge in [-0.25, -0.2) is 0 Å². The number of carbonyl (C=O) groups is 1. The maximum absolute atomic E-state index is 12.5. The zero-order valence-electron chi connectivity index (χ0n) is 15.4. The Morgan fingerprint density at radius 3 is 2.75 bits per heavy atom. The van der Waals surface area contributed by atoms with E-state index in [4.69, 9.17) is 9.47 Å². The van der Waals surface area contributed by atoms with Crippen LogP contribution in [0.25, 0.3) is 6.08 Å². The molecule has 9 nitrogen and oxygen atoms in total. The number of likely N-dealkylation sites (tertiary alicyclic amines) is 1. The Morgan fingerprint density at radius 1 is 1.29 bits per heavy atom. The van der Waals surface area contributed by atoms with E-state index in [0.29, 0.717) is 24.8 Å². The average Bonchev–Trinajstić information content (AvgIpc) is 2.72. The Labute approximate surface area is 161 Å². The van der Waals surface area contributed by atoms with Gasteiger partial charge in [0.2, 0.25) is 17.7 Å². The first-order chi connectivity index (χ1) is 13.5. The van der Waals surface area contributed by atoms with Gasteiger partial charge in [0.05, 0.1) is 31.0 Å². The van der Waals surface area contributed by atoms with Crippen LogP contribution < -0.4 is 9.47 Å². The van der Waals surface area contributed by atoms with Crippen molar-refractivity contribution in [3.63, 3.8) is 0 Å². The summed E-state index contributed by atoms with van der Waals surface area (Å²) in [6.45, 7) is 1.09. The number of ether oxygens (including phenoxy) is 2. The summed E-state index contributed by atoms with van der Waals surface area (Å²) in [4.78, 5) is 32.6. The minimum Gasteiger partial charge on any atom is -0.480 e. The van der Waals surface area contributed by atoms with Gasteiger partial charge in [-0.15, -0.1) is 0 Å². The van der Waals surface area contributed by atoms with Gasteiger partial charge in [0, 0.05) is 24.8 Å². The van der Waals surface area contributed by atoms with Crippen molar-refractivity contribution < 1.29 is 19.2 Å². The third-order valence-corrected chi connectivity index (χ3v) is 4.30. The summed E-state index contributed by atoms with van der Waals surface area (Å²) < 4.78 is 10.9. The second kappa shape index (κ2) is 8.94. The molecule has 2 heterocycles. The number of hydrogen-bond donors (Lipinski definition) is 0. The lowest BCUT2D eigenvalue weighted by atomic mass is 10.1. The molecule has 1 unspecified atom stereocenters. The van der Waals surface area contributed by atoms with Crippen LogP contribution in [0.15, 0.2) is 42.7 Å². The molecule has 1 aromatic carbocycles. The molecule has 2 aromatic rings. The monoisotopic (exact) mass is 384 g/mol. The second-order valence-electron chi connectivity index (χ2n) is 6.25. The highest BCUT2D eigenvalue weighted by molar-refractivity contribution is 5.91. The Morgan fingerprint density at radius 2 is 2.04 bits per heavy atom. The molecule has 1 aliphatic rings. The molecule has 146 valence electrons. The lowest BCUT2D eigenvalue weighted by Crippen LogP contribution is -2.43. The molecule has 0 spiro atoms. The van der Waals surface area contributed by atoms with Gasteiger partial charge in [-0.1, -0.05) is 0 Å². The van der Waals surface area contributed by atoms with Crippen LogP contribution in [0.3, 0.4) is 0 Å². The van der Waals surface area contributed by atoms with Crippen molar-refractivity contribution >= 4 is 17.7 Å². The van der Waals surface area contributed by atoms with E-state index in [1.165, 1.54) is 37.7 Å². The Bertz CT molecular complexity index is 869. The van der Waals surface area contributed by atoms with Crippen LogP contribution in [0.5, 0.6) is 11.8 Å². The van der Waals surface area contributed by atoms with Crippen molar-refractivity contribution in [2.45, 2.75) is 18.9 Å². The molecule has 0 N–H and O–H groups in total. The molecule has 1 fully saturated rings. The fraction of sp³-hybridized carbons (Fsp3) is 0.316. The molecule has 28 heavy (non-hydrogen) atoms. The van der Waals surface area contributed by atoms with Crippen molar-refractivity contribution in [2.75, 3.05) is 20.2 Å². The third kappa shape index (κ3) is 5.03. The minimum absolute atomic E-state index is 0.0140. The Balaban J connectivity index is 1.58. The van der Waals surface area contributed by atoms with E-state index >= 15 is 0 Å². The van der Waals surface area contributed by atoms with Crippen molar-refractivity contribution in [3.05, 3.63) is 58.4 Å². The van der Waals surface area contributed by atoms with Crippen molar-refractivity contribution in [1.29, 1.82) is 0 Å². The minimum atomic E-state index is -0.459. The van der Waals surface area contributed by atoms with Crippen LogP contribution in [-0.4, -0.2) is 52.0 Å². The number of methoxy groups -OCH3 is 1. The molecular weight excluding hydrogens is 364 g/mol. The molecule has 1 aromatic heterocycles. The zero-order valence-corrected chi connectivity index (χ0v) is 15.4. The van der Waals surface area contributed by atoms with Gasteiger partial charge in [-0.05, 0) is 36.6 Å². The van der Waals surface area contributed by atoms with E-state index in [9.17, 15) is 14.9 Å². The number of carbonyl (C=O) groups excluding carboxylic acids is 1. The van der Waals surface area contributed by atoms with Gasteiger partial charge in [-0.2, -0.15) is 4.98 Å². The van der Waals surface area contributed by atoms with Gasteiger partial charge in [0.25, 0.3) is 5.69 Å². The summed E-state index contributed by atoms with van der Waals surface area (Å²) in [6.07, 6.45) is 7.57. The third-order valence-electron chi connectivity index (χ3n) is 4.30. The first-order valence-corrected chi connectivity index (χ1v) is 8.79. The largest absolute Gasteiger partial charge is 0.480 e. The van der Waals surface area contributed by atoms with Crippen LogP contribution in [-0.2, 0) is 4.79 Å². The SMILES string of the molecule is COc1cncc(OC2CCCN(C(=O)/C=C/c3ccc([N+](=O)[O-])cc3)C2)n1. The molecule has 3 rings (SSSR count). The summed E-state index contributed by atoms with van der Waals surface area (Å²) in [6, 6.07) is 6.02. The quantitative estimate of drug-likeness (QED) is 0.428. The predicted octanol–water partition coefficient (Wildman–Crippen LogP) is 2.48. The zero-order chi connectivity index (χ0) is 19.9. The van der Waals surface area contributed by atoms with Crippen LogP contribution in [0.2, 0.25) is 0 Å². The number of benzene rings is 1. The fourth-order valence-corrected chi connectivity index (χ4v) is 2.87. The molecule has 0 saturated carbocycles. The van der Waals surface area contributed by atoms with E-state index in [1.807, 2.05) is 0 Å². The summed E-state index contributed by atoms with van der Waals surface area (Å²) in [5.74, 6) is 0.593. The molecule has 0 aliphatic carbocycles. The summed E-state index contributed by atoms with van der Waals surface area (Å²) in [7, 11) is 1.51. The lowest BCUT2D eigenvalue weighted by molar-refractivity contribution is -0.384. The summed E-state index contributed by atoms with van der Waals surface area (Å²) in [5.41, 5.74) is 0.732. The second-order valence-corrected chi connectivity index (χ2v) is 6.25. The van der Waals surface area contributed by atoms with Crippen molar-refractivity contribution in [3.8, 4) is 11.8 Å². The number of amides is 1. The van der Waals surface area contributed by atoms with Gasteiger partial charge in [0.15, 0.2) is 0 Å². The number of non-ortho nitro benzene ring substituents is 1. The number of nitro groups is 1. The predicted molar refractivity (Wildman–Crippen MR) is 101 cm³/mol. The molecule has 0 bridgehead atoms. The molecule has 1 amide bonds. The average molecular weight is 384 g/mol. The number of hydrogen-bond acceptors (Lipinski definition) is 7. The summed E-state index contributed by atoms with van der Waals surface area (Å²) in [5, 5.41) is 10.7. The van der Waals surface area contributed by atoms with E-state index in [0.717, 1.165) is 18.4 Å². The van der Waals surface area contributed by atoms with Gasteiger partial charge < -0.3 is 14.4 Å². The normalized spacial score (nSPS) is 16.8. The molecule has 1 atom stereocenters. The van der Waals surface area contributed by atoms with E-state index in [1.54, 1.807) is 23.1 Å². The smallest absolute Gasteiger partial charge is 0.269 e. The highest BCUT2D eigenvalue weighted by Crippen LogP contribution is 2.19. The first kappa shape index (κ1) is 19.3. The highest BCUT2D eigenvalue weighted by Gasteiger charge is 2.24. The number of aromatic nitrogens is 2. The van der Waals surface area contributed by atoms with Crippen LogP contribution in [0.4, 0.5) is 5.69 Å². The maximum atomic E-state index is 12.5. The maximum Gasteiger partial charge on any atom is 0.269 e. The summed E-state index contributed by atoms with van der Waals surface area (Å²) >= 11 is 0. The molecule has 1 aliphatic heterocycles. The standard InChI is InChI=1S/C19H20N4O5/c1-27-17-11-20-12-18(21-17)28-16-3-2-10-22(13-16)19(24)9-6-14-4-7-15(8-5-14)23(25)26/h4-9,11-12,16H,2-3,10,13H2,1H3/b9-6+. The molecule has 1 saturated heterocycles. The first-order valence-electron chi connectivity index (χ1n) is 8.79. The fourth-order valence-electron chi connectivity index (χ4n) is 2.87. The lowest BCUT2D eigenvalue weighted by Gasteiger charge is -2.31. The molecular formula is C19H20N4O5. The highest BCUT2D eigenvalue weighted by atomic mass is 16.6. The van der Waals surface area contributed by atoms with Crippen LogP contribution in [0.1, 0.15) is 18.4 Å². The van der Waals surface area contributed by atoms with Crippen molar-refractivity contribution in [1.82, 2.24) is 14.9 Å². The van der Waals surface area contributed by atoms with Crippen molar-refractivity contribution in [2.24, 2.45) is 0 Å². The Hall–Kier alpha value is -3.49. The van der Waals surface area contributed by atoms with E-state index in [2.05, 4.69) is 9.97 Å². The van der Waals surface area contributed by atoms with Crippen LogP contribution in [0, 0.1) is 10.1 Å². The molecule has 0 radical (unpaired) electrons. The van der Waals surface area contributed by atoms with Gasteiger partial charge in [0.1, 0.15) is 6.10 Å². The number of rotatable bonds is 6. The van der Waals surface area contributed by atoms with Gasteiger partial charge in [-0.3, -0.25) is 19.9 Å². The topological polar surface area (TPSA) is 108 Å². The van der Waals surface area contributed by atoms with Crippen LogP contribution >= 0.6 is 0 Å². The number of nitro benzene ring substituents is 1. The van der Waals surface area contributed by atoms with E-state index in [-0.39, 0.29) is 17.7 Å². The van der Waals surface area contributed by atoms with E-state index < -0.39 is 4.92 Å². The van der Waals surface area contributed by atoms with Gasteiger partial charge >= 0.3 is 0 Å². The Kier molecular flexibility index (Phi) is 6.15. The number of piperidine rings is 1. The molecule has 9 heteroatoms.